The number of rotatable bonds is 5. The van der Waals surface area contributed by atoms with Crippen LogP contribution < -0.4 is 4.90 Å². The third-order valence-electron chi connectivity index (χ3n) is 2.50. The van der Waals surface area contributed by atoms with Gasteiger partial charge in [0, 0.05) is 23.8 Å². The van der Waals surface area contributed by atoms with Gasteiger partial charge in [-0.15, -0.1) is 0 Å². The first kappa shape index (κ1) is 13.9. The molecule has 0 saturated carbocycles. The predicted molar refractivity (Wildman–Crippen MR) is 76.4 cm³/mol. The van der Waals surface area contributed by atoms with Crippen molar-refractivity contribution in [2.45, 2.75) is 13.0 Å². The second-order valence-corrected chi connectivity index (χ2v) is 5.64. The van der Waals surface area contributed by atoms with Gasteiger partial charge in [-0.2, -0.15) is 11.8 Å². The predicted octanol–water partition coefficient (Wildman–Crippen LogP) is 3.30. The Kier molecular flexibility index (Phi) is 5.66. The van der Waals surface area contributed by atoms with Crippen LogP contribution in [-0.2, 0) is 0 Å². The second-order valence-electron chi connectivity index (χ2n) is 3.80. The van der Waals surface area contributed by atoms with Crippen molar-refractivity contribution in [2.24, 2.45) is 0 Å². The highest BCUT2D eigenvalue weighted by atomic mass is 79.9. The Labute approximate surface area is 110 Å². The SMILES string of the molecule is CSCCN(C)c1ccc(C(C)O)cc1Br. The van der Waals surface area contributed by atoms with Gasteiger partial charge in [-0.1, -0.05) is 6.07 Å². The molecule has 0 fully saturated rings. The smallest absolute Gasteiger partial charge is 0.0762 e. The van der Waals surface area contributed by atoms with E-state index in [1.165, 1.54) is 5.69 Å². The van der Waals surface area contributed by atoms with Gasteiger partial charge in [0.15, 0.2) is 0 Å². The summed E-state index contributed by atoms with van der Waals surface area (Å²) in [5, 5.41) is 9.48. The fraction of sp³-hybridized carbons (Fsp3) is 0.500. The van der Waals surface area contributed by atoms with Crippen molar-refractivity contribution in [1.82, 2.24) is 0 Å². The molecule has 2 nitrogen and oxygen atoms in total. The number of hydrogen-bond acceptors (Lipinski definition) is 3. The van der Waals surface area contributed by atoms with Crippen LogP contribution in [0.25, 0.3) is 0 Å². The van der Waals surface area contributed by atoms with E-state index in [-0.39, 0.29) is 0 Å². The highest BCUT2D eigenvalue weighted by Gasteiger charge is 2.08. The third-order valence-corrected chi connectivity index (χ3v) is 3.72. The van der Waals surface area contributed by atoms with E-state index in [0.29, 0.717) is 0 Å². The van der Waals surface area contributed by atoms with Gasteiger partial charge >= 0.3 is 0 Å². The largest absolute Gasteiger partial charge is 0.389 e. The molecule has 1 rings (SSSR count). The van der Waals surface area contributed by atoms with Gasteiger partial charge in [-0.05, 0) is 46.8 Å². The Morgan fingerprint density at radius 1 is 1.50 bits per heavy atom. The number of anilines is 1. The van der Waals surface area contributed by atoms with Gasteiger partial charge in [0.25, 0.3) is 0 Å². The van der Waals surface area contributed by atoms with Crippen LogP contribution in [0.4, 0.5) is 5.69 Å². The fourth-order valence-electron chi connectivity index (χ4n) is 1.44. The minimum atomic E-state index is -0.415. The highest BCUT2D eigenvalue weighted by molar-refractivity contribution is 9.10. The lowest BCUT2D eigenvalue weighted by atomic mass is 10.1. The number of halogens is 1. The molecule has 90 valence electrons. The number of thioether (sulfide) groups is 1. The van der Waals surface area contributed by atoms with Crippen molar-refractivity contribution in [2.75, 3.05) is 30.5 Å². The van der Waals surface area contributed by atoms with E-state index in [9.17, 15) is 5.11 Å². The number of aliphatic hydroxyl groups is 1. The van der Waals surface area contributed by atoms with Crippen molar-refractivity contribution < 1.29 is 5.11 Å². The molecule has 0 bridgehead atoms. The molecule has 0 heterocycles. The zero-order chi connectivity index (χ0) is 12.1. The zero-order valence-electron chi connectivity index (χ0n) is 9.90. The first-order valence-corrected chi connectivity index (χ1v) is 7.42. The Bertz CT molecular complexity index is 344. The lowest BCUT2D eigenvalue weighted by Gasteiger charge is -2.21. The summed E-state index contributed by atoms with van der Waals surface area (Å²) in [4.78, 5) is 2.21. The summed E-state index contributed by atoms with van der Waals surface area (Å²) in [6.07, 6.45) is 1.70. The molecule has 0 aliphatic heterocycles. The van der Waals surface area contributed by atoms with Crippen molar-refractivity contribution >= 4 is 33.4 Å². The summed E-state index contributed by atoms with van der Waals surface area (Å²) in [6.45, 7) is 2.80. The fourth-order valence-corrected chi connectivity index (χ4v) is 2.60. The monoisotopic (exact) mass is 303 g/mol. The Balaban J connectivity index is 2.81. The molecule has 0 amide bonds. The Hall–Kier alpha value is -0.190. The molecule has 1 aromatic rings. The van der Waals surface area contributed by atoms with E-state index in [1.54, 1.807) is 6.92 Å². The molecule has 0 aliphatic carbocycles. The van der Waals surface area contributed by atoms with Crippen LogP contribution in [0.15, 0.2) is 22.7 Å². The summed E-state index contributed by atoms with van der Waals surface area (Å²) in [5.41, 5.74) is 2.10. The molecule has 1 N–H and O–H groups in total. The average Bonchev–Trinajstić information content (AvgIpc) is 2.25. The maximum Gasteiger partial charge on any atom is 0.0762 e. The van der Waals surface area contributed by atoms with E-state index < -0.39 is 6.10 Å². The number of nitrogens with zero attached hydrogens (tertiary/aromatic N) is 1. The maximum atomic E-state index is 9.48. The van der Waals surface area contributed by atoms with Crippen LogP contribution in [0.3, 0.4) is 0 Å². The first-order valence-electron chi connectivity index (χ1n) is 5.24. The van der Waals surface area contributed by atoms with E-state index in [1.807, 2.05) is 30.0 Å². The molecule has 16 heavy (non-hydrogen) atoms. The zero-order valence-corrected chi connectivity index (χ0v) is 12.3. The van der Waals surface area contributed by atoms with E-state index >= 15 is 0 Å². The minimum absolute atomic E-state index is 0.415. The third kappa shape index (κ3) is 3.68. The number of aliphatic hydroxyl groups excluding tert-OH is 1. The summed E-state index contributed by atoms with van der Waals surface area (Å²) in [5.74, 6) is 1.11. The standard InChI is InChI=1S/C12H18BrNOS/c1-9(15)10-4-5-12(11(13)8-10)14(2)6-7-16-3/h4-5,8-9,15H,6-7H2,1-3H3. The molecular weight excluding hydrogens is 286 g/mol. The first-order chi connectivity index (χ1) is 7.56. The lowest BCUT2D eigenvalue weighted by molar-refractivity contribution is 0.199. The molecule has 4 heteroatoms. The molecular formula is C12H18BrNOS. The molecule has 1 aromatic carbocycles. The normalized spacial score (nSPS) is 12.6. The molecule has 0 aromatic heterocycles. The van der Waals surface area contributed by atoms with E-state index in [4.69, 9.17) is 0 Å². The lowest BCUT2D eigenvalue weighted by Crippen LogP contribution is -2.20. The van der Waals surface area contributed by atoms with Crippen molar-refractivity contribution in [3.8, 4) is 0 Å². The van der Waals surface area contributed by atoms with Crippen molar-refractivity contribution in [3.05, 3.63) is 28.2 Å². The topological polar surface area (TPSA) is 23.5 Å². The Morgan fingerprint density at radius 2 is 2.19 bits per heavy atom. The van der Waals surface area contributed by atoms with Crippen molar-refractivity contribution in [1.29, 1.82) is 0 Å². The molecule has 0 radical (unpaired) electrons. The van der Waals surface area contributed by atoms with Gasteiger partial charge in [0.1, 0.15) is 0 Å². The van der Waals surface area contributed by atoms with Crippen LogP contribution in [0.5, 0.6) is 0 Å². The quantitative estimate of drug-likeness (QED) is 0.903. The number of hydrogen-bond donors (Lipinski definition) is 1. The molecule has 0 aliphatic rings. The molecule has 0 saturated heterocycles. The van der Waals surface area contributed by atoms with Gasteiger partial charge in [-0.25, -0.2) is 0 Å². The summed E-state index contributed by atoms with van der Waals surface area (Å²) < 4.78 is 1.04. The Morgan fingerprint density at radius 3 is 2.69 bits per heavy atom. The van der Waals surface area contributed by atoms with E-state index in [0.717, 1.165) is 22.3 Å². The van der Waals surface area contributed by atoms with Gasteiger partial charge in [0.05, 0.1) is 11.8 Å². The minimum Gasteiger partial charge on any atom is -0.389 e. The summed E-state index contributed by atoms with van der Waals surface area (Å²) in [7, 11) is 2.08. The van der Waals surface area contributed by atoms with Gasteiger partial charge in [-0.3, -0.25) is 0 Å². The number of benzene rings is 1. The summed E-state index contributed by atoms with van der Waals surface area (Å²) >= 11 is 5.39. The molecule has 0 spiro atoms. The second kappa shape index (κ2) is 6.52. The van der Waals surface area contributed by atoms with Gasteiger partial charge in [0.2, 0.25) is 0 Å². The average molecular weight is 304 g/mol. The van der Waals surface area contributed by atoms with Crippen LogP contribution in [-0.4, -0.2) is 30.7 Å². The molecule has 1 atom stereocenters. The van der Waals surface area contributed by atoms with Crippen LogP contribution >= 0.6 is 27.7 Å². The van der Waals surface area contributed by atoms with Crippen LogP contribution in [0, 0.1) is 0 Å². The summed E-state index contributed by atoms with van der Waals surface area (Å²) in [6, 6.07) is 6.00. The highest BCUT2D eigenvalue weighted by Crippen LogP contribution is 2.28. The van der Waals surface area contributed by atoms with Gasteiger partial charge < -0.3 is 10.0 Å². The van der Waals surface area contributed by atoms with Crippen molar-refractivity contribution in [3.63, 3.8) is 0 Å². The van der Waals surface area contributed by atoms with E-state index in [2.05, 4.69) is 34.1 Å². The maximum absolute atomic E-state index is 9.48. The van der Waals surface area contributed by atoms with Crippen LogP contribution in [0.2, 0.25) is 0 Å². The van der Waals surface area contributed by atoms with Crippen LogP contribution in [0.1, 0.15) is 18.6 Å². The molecule has 1 unspecified atom stereocenters.